The van der Waals surface area contributed by atoms with Crippen molar-refractivity contribution >= 4 is 21.8 Å². The maximum atomic E-state index is 11.6. The number of nitrogens with one attached hydrogen (secondary N) is 1. The lowest BCUT2D eigenvalue weighted by Crippen LogP contribution is -2.29. The van der Waals surface area contributed by atoms with Gasteiger partial charge in [-0.25, -0.2) is 0 Å². The highest BCUT2D eigenvalue weighted by atomic mass is 79.9. The summed E-state index contributed by atoms with van der Waals surface area (Å²) in [5.74, 6) is 0.855. The van der Waals surface area contributed by atoms with Gasteiger partial charge in [-0.15, -0.1) is 0 Å². The van der Waals surface area contributed by atoms with Gasteiger partial charge < -0.3 is 5.32 Å². The predicted octanol–water partition coefficient (Wildman–Crippen LogP) is 4.27. The first-order valence-electron chi connectivity index (χ1n) is 7.07. The number of carbonyl (C=O) groups is 1. The van der Waals surface area contributed by atoms with Crippen molar-refractivity contribution in [3.8, 4) is 0 Å². The summed E-state index contributed by atoms with van der Waals surface area (Å²) in [6.45, 7) is 5.24. The van der Waals surface area contributed by atoms with E-state index >= 15 is 0 Å². The normalized spacial score (nSPS) is 12.4. The molecule has 1 atom stereocenters. The van der Waals surface area contributed by atoms with Crippen LogP contribution in [-0.2, 0) is 4.79 Å². The van der Waals surface area contributed by atoms with Gasteiger partial charge in [0.25, 0.3) is 0 Å². The van der Waals surface area contributed by atoms with Gasteiger partial charge in [-0.2, -0.15) is 0 Å². The predicted molar refractivity (Wildman–Crippen MR) is 78.6 cm³/mol. The first-order chi connectivity index (χ1) is 8.24. The Morgan fingerprint density at radius 1 is 1.18 bits per heavy atom. The molecule has 0 saturated heterocycles. The van der Waals surface area contributed by atoms with Crippen LogP contribution in [0.1, 0.15) is 65.2 Å². The number of unbranched alkanes of at least 4 members (excludes halogenated alkanes) is 4. The average Bonchev–Trinajstić information content (AvgIpc) is 2.34. The Morgan fingerprint density at radius 3 is 2.47 bits per heavy atom. The van der Waals surface area contributed by atoms with Crippen LogP contribution in [0.5, 0.6) is 0 Å². The van der Waals surface area contributed by atoms with Crippen molar-refractivity contribution in [2.75, 3.05) is 11.9 Å². The van der Waals surface area contributed by atoms with Gasteiger partial charge in [-0.3, -0.25) is 4.79 Å². The molecule has 0 spiro atoms. The Morgan fingerprint density at radius 2 is 1.88 bits per heavy atom. The summed E-state index contributed by atoms with van der Waals surface area (Å²) < 4.78 is 0. The molecule has 1 N–H and O–H groups in total. The quantitative estimate of drug-likeness (QED) is 0.448. The van der Waals surface area contributed by atoms with Crippen LogP contribution >= 0.6 is 15.9 Å². The molecule has 3 heteroatoms. The van der Waals surface area contributed by atoms with Crippen LogP contribution in [0.4, 0.5) is 0 Å². The van der Waals surface area contributed by atoms with E-state index in [-0.39, 0.29) is 5.91 Å². The number of rotatable bonds is 11. The highest BCUT2D eigenvalue weighted by molar-refractivity contribution is 9.09. The molecule has 0 aromatic heterocycles. The molecular weight excluding hydrogens is 278 g/mol. The van der Waals surface area contributed by atoms with E-state index in [9.17, 15) is 4.79 Å². The van der Waals surface area contributed by atoms with Gasteiger partial charge in [0.2, 0.25) is 5.91 Å². The van der Waals surface area contributed by atoms with Crippen molar-refractivity contribution in [3.05, 3.63) is 0 Å². The second kappa shape index (κ2) is 12.4. The van der Waals surface area contributed by atoms with Gasteiger partial charge in [-0.1, -0.05) is 61.9 Å². The van der Waals surface area contributed by atoms with Crippen molar-refractivity contribution in [3.63, 3.8) is 0 Å². The molecule has 0 bridgehead atoms. The zero-order valence-electron chi connectivity index (χ0n) is 11.4. The fourth-order valence-corrected chi connectivity index (χ4v) is 2.49. The van der Waals surface area contributed by atoms with Crippen molar-refractivity contribution in [1.82, 2.24) is 5.32 Å². The van der Waals surface area contributed by atoms with Crippen LogP contribution in [0.2, 0.25) is 0 Å². The third-order valence-electron chi connectivity index (χ3n) is 3.19. The van der Waals surface area contributed by atoms with E-state index in [4.69, 9.17) is 0 Å². The maximum absolute atomic E-state index is 11.6. The van der Waals surface area contributed by atoms with Crippen LogP contribution in [0.3, 0.4) is 0 Å². The number of amides is 1. The molecule has 0 fully saturated rings. The molecule has 0 aromatic carbocycles. The number of hydrogen-bond donors (Lipinski definition) is 1. The third-order valence-corrected chi connectivity index (χ3v) is 3.65. The number of alkyl halides is 1. The minimum atomic E-state index is 0.231. The third kappa shape index (κ3) is 10.8. The highest BCUT2D eigenvalue weighted by Crippen LogP contribution is 2.09. The molecular formula is C14H28BrNO. The lowest BCUT2D eigenvalue weighted by molar-refractivity contribution is -0.121. The van der Waals surface area contributed by atoms with Crippen LogP contribution in [0.15, 0.2) is 0 Å². The second-order valence-electron chi connectivity index (χ2n) is 4.72. The van der Waals surface area contributed by atoms with Gasteiger partial charge in [0, 0.05) is 18.3 Å². The Labute approximate surface area is 115 Å². The summed E-state index contributed by atoms with van der Waals surface area (Å²) in [4.78, 5) is 11.6. The lowest BCUT2D eigenvalue weighted by atomic mass is 10.0. The number of carbonyl (C=O) groups excluding carboxylic acids is 1. The summed E-state index contributed by atoms with van der Waals surface area (Å²) in [5.41, 5.74) is 0. The Hall–Kier alpha value is -0.0500. The zero-order chi connectivity index (χ0) is 12.9. The largest absolute Gasteiger partial charge is 0.356 e. The fraction of sp³-hybridized carbons (Fsp3) is 0.929. The molecule has 0 heterocycles. The Bertz CT molecular complexity index is 185. The van der Waals surface area contributed by atoms with E-state index in [1.54, 1.807) is 0 Å². The number of halogens is 1. The minimum Gasteiger partial charge on any atom is -0.356 e. The summed E-state index contributed by atoms with van der Waals surface area (Å²) >= 11 is 3.45. The molecule has 0 aliphatic carbocycles. The van der Waals surface area contributed by atoms with Crippen molar-refractivity contribution in [2.45, 2.75) is 65.2 Å². The monoisotopic (exact) mass is 305 g/mol. The zero-order valence-corrected chi connectivity index (χ0v) is 13.0. The maximum Gasteiger partial charge on any atom is 0.220 e. The highest BCUT2D eigenvalue weighted by Gasteiger charge is 2.07. The summed E-state index contributed by atoms with van der Waals surface area (Å²) in [6.07, 6.45) is 9.05. The average molecular weight is 306 g/mol. The molecule has 1 unspecified atom stereocenters. The molecule has 1 amide bonds. The summed E-state index contributed by atoms with van der Waals surface area (Å²) in [7, 11) is 0. The van der Waals surface area contributed by atoms with E-state index in [0.717, 1.165) is 31.1 Å². The Kier molecular flexibility index (Phi) is 12.4. The van der Waals surface area contributed by atoms with E-state index in [1.807, 2.05) is 0 Å². The van der Waals surface area contributed by atoms with E-state index in [0.29, 0.717) is 12.3 Å². The first-order valence-corrected chi connectivity index (χ1v) is 8.19. The van der Waals surface area contributed by atoms with Crippen LogP contribution in [0.25, 0.3) is 0 Å². The van der Waals surface area contributed by atoms with E-state index in [1.165, 1.54) is 25.7 Å². The SMILES string of the molecule is CCCCCCCC(=O)NCC(CC)CCBr. The number of hydrogen-bond acceptors (Lipinski definition) is 1. The molecule has 2 nitrogen and oxygen atoms in total. The molecule has 0 aliphatic heterocycles. The molecule has 0 aromatic rings. The Balaban J connectivity index is 3.44. The topological polar surface area (TPSA) is 29.1 Å². The first kappa shape index (κ1) is 16.9. The van der Waals surface area contributed by atoms with Crippen LogP contribution in [-0.4, -0.2) is 17.8 Å². The lowest BCUT2D eigenvalue weighted by Gasteiger charge is -2.14. The summed E-state index contributed by atoms with van der Waals surface area (Å²) in [5, 5.41) is 4.08. The van der Waals surface area contributed by atoms with Gasteiger partial charge in [-0.05, 0) is 18.8 Å². The molecule has 102 valence electrons. The van der Waals surface area contributed by atoms with Crippen molar-refractivity contribution in [1.29, 1.82) is 0 Å². The van der Waals surface area contributed by atoms with Gasteiger partial charge in [0.05, 0.1) is 0 Å². The fourth-order valence-electron chi connectivity index (χ4n) is 1.84. The van der Waals surface area contributed by atoms with Crippen LogP contribution < -0.4 is 5.32 Å². The van der Waals surface area contributed by atoms with Crippen molar-refractivity contribution < 1.29 is 4.79 Å². The molecule has 0 saturated carbocycles. The van der Waals surface area contributed by atoms with Gasteiger partial charge in [0.15, 0.2) is 0 Å². The molecule has 0 radical (unpaired) electrons. The standard InChI is InChI=1S/C14H28BrNO/c1-3-5-6-7-8-9-14(17)16-12-13(4-2)10-11-15/h13H,3-12H2,1-2H3,(H,16,17). The van der Waals surface area contributed by atoms with E-state index < -0.39 is 0 Å². The summed E-state index contributed by atoms with van der Waals surface area (Å²) in [6, 6.07) is 0. The molecule has 0 aliphatic rings. The van der Waals surface area contributed by atoms with Crippen molar-refractivity contribution in [2.24, 2.45) is 5.92 Å². The van der Waals surface area contributed by atoms with E-state index in [2.05, 4.69) is 35.1 Å². The van der Waals surface area contributed by atoms with Crippen LogP contribution in [0, 0.1) is 5.92 Å². The minimum absolute atomic E-state index is 0.231. The smallest absolute Gasteiger partial charge is 0.220 e. The van der Waals surface area contributed by atoms with Gasteiger partial charge >= 0.3 is 0 Å². The molecule has 0 rings (SSSR count). The second-order valence-corrected chi connectivity index (χ2v) is 5.51. The molecule has 17 heavy (non-hydrogen) atoms. The van der Waals surface area contributed by atoms with Gasteiger partial charge in [0.1, 0.15) is 0 Å².